The molecule has 4 aliphatic carbocycles. The summed E-state index contributed by atoms with van der Waals surface area (Å²) >= 11 is 0. The van der Waals surface area contributed by atoms with Crippen molar-refractivity contribution < 1.29 is 29.3 Å². The molecule has 4 saturated carbocycles. The van der Waals surface area contributed by atoms with Crippen LogP contribution in [-0.4, -0.2) is 45.6 Å². The summed E-state index contributed by atoms with van der Waals surface area (Å²) in [6, 6.07) is 0. The average molecular weight is 382 g/mol. The standard InChI is InChI=1S/C21H34O6/c1-13(2)16(18(3,4)5)17(23)26-9-15(22)27-21-8-14-6-19(24,11-21)10-20(25,7-14)12-21/h13-14,16,24-25H,6-12H2,1-5H3. The van der Waals surface area contributed by atoms with Gasteiger partial charge in [0.1, 0.15) is 5.60 Å². The smallest absolute Gasteiger partial charge is 0.344 e. The van der Waals surface area contributed by atoms with Crippen LogP contribution < -0.4 is 0 Å². The molecule has 0 spiro atoms. The van der Waals surface area contributed by atoms with Gasteiger partial charge in [-0.1, -0.05) is 34.6 Å². The minimum Gasteiger partial charge on any atom is -0.456 e. The summed E-state index contributed by atoms with van der Waals surface area (Å²) < 4.78 is 11.0. The number of hydrogen-bond donors (Lipinski definition) is 2. The molecule has 0 saturated heterocycles. The van der Waals surface area contributed by atoms with E-state index in [1.165, 1.54) is 0 Å². The van der Waals surface area contributed by atoms with Crippen molar-refractivity contribution in [2.75, 3.05) is 6.61 Å². The van der Waals surface area contributed by atoms with E-state index in [1.54, 1.807) is 0 Å². The van der Waals surface area contributed by atoms with Crippen molar-refractivity contribution in [3.8, 4) is 0 Å². The fraction of sp³-hybridized carbons (Fsp3) is 0.905. The van der Waals surface area contributed by atoms with Gasteiger partial charge in [-0.15, -0.1) is 0 Å². The van der Waals surface area contributed by atoms with Gasteiger partial charge in [-0.05, 0) is 36.5 Å². The van der Waals surface area contributed by atoms with Crippen LogP contribution in [0, 0.1) is 23.2 Å². The van der Waals surface area contributed by atoms with E-state index in [0.29, 0.717) is 38.5 Å². The lowest BCUT2D eigenvalue weighted by Gasteiger charge is -2.62. The molecule has 4 rings (SSSR count). The Morgan fingerprint density at radius 2 is 1.59 bits per heavy atom. The van der Waals surface area contributed by atoms with Crippen LogP contribution in [0.4, 0.5) is 0 Å². The molecule has 2 N–H and O–H groups in total. The summed E-state index contributed by atoms with van der Waals surface area (Å²) in [6.07, 6.45) is 3.04. The van der Waals surface area contributed by atoms with Crippen LogP contribution in [0.1, 0.15) is 73.1 Å². The summed E-state index contributed by atoms with van der Waals surface area (Å²) in [5, 5.41) is 21.5. The second-order valence-corrected chi connectivity index (χ2v) is 10.8. The zero-order valence-corrected chi connectivity index (χ0v) is 17.2. The van der Waals surface area contributed by atoms with Crippen LogP contribution in [0.3, 0.4) is 0 Å². The lowest BCUT2D eigenvalue weighted by molar-refractivity contribution is -0.262. The molecule has 6 nitrogen and oxygen atoms in total. The Kier molecular flexibility index (Phi) is 4.92. The number of carbonyl (C=O) groups is 2. The largest absolute Gasteiger partial charge is 0.456 e. The van der Waals surface area contributed by atoms with Gasteiger partial charge in [0.15, 0.2) is 6.61 Å². The normalized spacial score (nSPS) is 38.7. The second kappa shape index (κ2) is 6.45. The topological polar surface area (TPSA) is 93.1 Å². The van der Waals surface area contributed by atoms with Gasteiger partial charge in [0, 0.05) is 19.3 Å². The molecule has 4 bridgehead atoms. The fourth-order valence-electron chi connectivity index (χ4n) is 6.48. The van der Waals surface area contributed by atoms with E-state index in [1.807, 2.05) is 34.6 Å². The summed E-state index contributed by atoms with van der Waals surface area (Å²) in [5.74, 6) is -1.05. The van der Waals surface area contributed by atoms with Crippen molar-refractivity contribution in [1.29, 1.82) is 0 Å². The Morgan fingerprint density at radius 1 is 1.04 bits per heavy atom. The van der Waals surface area contributed by atoms with Crippen molar-refractivity contribution in [3.05, 3.63) is 0 Å². The predicted octanol–water partition coefficient (Wildman–Crippen LogP) is 2.59. The minimum absolute atomic E-state index is 0.0974. The molecule has 0 heterocycles. The molecular weight excluding hydrogens is 348 g/mol. The molecular formula is C21H34O6. The summed E-state index contributed by atoms with van der Waals surface area (Å²) in [6.45, 7) is 9.44. The Labute approximate surface area is 161 Å². The summed E-state index contributed by atoms with van der Waals surface area (Å²) in [5.41, 5.74) is -3.02. The maximum atomic E-state index is 12.5. The third kappa shape index (κ3) is 4.16. The minimum atomic E-state index is -0.958. The number of carbonyl (C=O) groups excluding carboxylic acids is 2. The van der Waals surface area contributed by atoms with E-state index in [-0.39, 0.29) is 23.2 Å². The Hall–Kier alpha value is -1.14. The molecule has 0 amide bonds. The van der Waals surface area contributed by atoms with Crippen molar-refractivity contribution in [2.24, 2.45) is 23.2 Å². The Morgan fingerprint density at radius 3 is 2.04 bits per heavy atom. The highest BCUT2D eigenvalue weighted by Crippen LogP contribution is 2.60. The van der Waals surface area contributed by atoms with Crippen LogP contribution in [-0.2, 0) is 19.1 Å². The molecule has 0 aliphatic heterocycles. The number of hydrogen-bond acceptors (Lipinski definition) is 6. The van der Waals surface area contributed by atoms with Crippen LogP contribution in [0.15, 0.2) is 0 Å². The molecule has 0 aromatic heterocycles. The second-order valence-electron chi connectivity index (χ2n) is 10.8. The summed E-state index contributed by atoms with van der Waals surface area (Å²) in [4.78, 5) is 24.9. The Balaban J connectivity index is 1.61. The lowest BCUT2D eigenvalue weighted by atomic mass is 9.50. The number of aliphatic hydroxyl groups is 2. The van der Waals surface area contributed by atoms with Crippen LogP contribution in [0.5, 0.6) is 0 Å². The van der Waals surface area contributed by atoms with Gasteiger partial charge in [-0.3, -0.25) is 4.79 Å². The van der Waals surface area contributed by atoms with Crippen LogP contribution in [0.25, 0.3) is 0 Å². The van der Waals surface area contributed by atoms with E-state index < -0.39 is 35.3 Å². The zero-order valence-electron chi connectivity index (χ0n) is 17.2. The van der Waals surface area contributed by atoms with Gasteiger partial charge < -0.3 is 19.7 Å². The molecule has 3 unspecified atom stereocenters. The van der Waals surface area contributed by atoms with Gasteiger partial charge in [0.25, 0.3) is 0 Å². The van der Waals surface area contributed by atoms with Gasteiger partial charge in [0.2, 0.25) is 0 Å². The third-order valence-corrected chi connectivity index (χ3v) is 6.47. The third-order valence-electron chi connectivity index (χ3n) is 6.47. The molecule has 154 valence electrons. The lowest BCUT2D eigenvalue weighted by Crippen LogP contribution is -2.67. The molecule has 6 heteroatoms. The molecule has 4 aliphatic rings. The molecule has 27 heavy (non-hydrogen) atoms. The molecule has 3 atom stereocenters. The van der Waals surface area contributed by atoms with Gasteiger partial charge in [0.05, 0.1) is 17.1 Å². The first kappa shape index (κ1) is 20.6. The number of esters is 2. The van der Waals surface area contributed by atoms with Crippen molar-refractivity contribution >= 4 is 11.9 Å². The Bertz CT molecular complexity index is 601. The highest BCUT2D eigenvalue weighted by molar-refractivity contribution is 5.78. The van der Waals surface area contributed by atoms with Crippen molar-refractivity contribution in [1.82, 2.24) is 0 Å². The fourth-order valence-corrected chi connectivity index (χ4v) is 6.48. The van der Waals surface area contributed by atoms with Gasteiger partial charge in [-0.2, -0.15) is 0 Å². The summed E-state index contributed by atoms with van der Waals surface area (Å²) in [7, 11) is 0. The van der Waals surface area contributed by atoms with E-state index in [0.717, 1.165) is 0 Å². The number of ether oxygens (including phenoxy) is 2. The van der Waals surface area contributed by atoms with Crippen LogP contribution >= 0.6 is 0 Å². The first-order valence-electron chi connectivity index (χ1n) is 10.1. The maximum Gasteiger partial charge on any atom is 0.344 e. The van der Waals surface area contributed by atoms with E-state index in [2.05, 4.69) is 0 Å². The van der Waals surface area contributed by atoms with E-state index in [4.69, 9.17) is 9.47 Å². The van der Waals surface area contributed by atoms with Crippen molar-refractivity contribution in [3.63, 3.8) is 0 Å². The van der Waals surface area contributed by atoms with E-state index >= 15 is 0 Å². The SMILES string of the molecule is CC(C)C(C(=O)OCC(=O)OC12CC3CC(O)(CC(O)(C3)C1)C2)C(C)(C)C. The molecule has 0 aromatic rings. The van der Waals surface area contributed by atoms with Crippen LogP contribution in [0.2, 0.25) is 0 Å². The molecule has 4 fully saturated rings. The quantitative estimate of drug-likeness (QED) is 0.710. The molecule has 0 aromatic carbocycles. The highest BCUT2D eigenvalue weighted by atomic mass is 16.6. The molecule has 0 radical (unpaired) electrons. The first-order chi connectivity index (χ1) is 12.2. The van der Waals surface area contributed by atoms with Crippen molar-refractivity contribution in [2.45, 2.75) is 89.9 Å². The predicted molar refractivity (Wildman–Crippen MR) is 98.7 cm³/mol. The number of rotatable bonds is 5. The van der Waals surface area contributed by atoms with Gasteiger partial charge in [-0.25, -0.2) is 4.79 Å². The monoisotopic (exact) mass is 382 g/mol. The average Bonchev–Trinajstić information content (AvgIpc) is 2.38. The highest BCUT2D eigenvalue weighted by Gasteiger charge is 2.64. The van der Waals surface area contributed by atoms with Gasteiger partial charge >= 0.3 is 11.9 Å². The zero-order chi connectivity index (χ0) is 20.3. The van der Waals surface area contributed by atoms with E-state index in [9.17, 15) is 19.8 Å². The maximum absolute atomic E-state index is 12.5. The first-order valence-corrected chi connectivity index (χ1v) is 10.1.